The van der Waals surface area contributed by atoms with E-state index in [0.29, 0.717) is 0 Å². The highest BCUT2D eigenvalue weighted by Crippen LogP contribution is 2.33. The highest BCUT2D eigenvalue weighted by molar-refractivity contribution is 5.82. The monoisotopic (exact) mass is 209 g/mol. The molecular formula is C16H17. The average Bonchev–Trinajstić information content (AvgIpc) is 2.39. The molecule has 3 rings (SSSR count). The molecule has 0 bridgehead atoms. The van der Waals surface area contributed by atoms with Crippen molar-refractivity contribution < 1.29 is 0 Å². The first-order valence-corrected chi connectivity index (χ1v) is 6.34. The summed E-state index contributed by atoms with van der Waals surface area (Å²) in [6, 6.07) is 16.6. The van der Waals surface area contributed by atoms with E-state index in [4.69, 9.17) is 0 Å². The van der Waals surface area contributed by atoms with Crippen molar-refractivity contribution in [3.8, 4) is 0 Å². The average molecular weight is 209 g/mol. The second-order valence-corrected chi connectivity index (χ2v) is 4.85. The molecular weight excluding hydrogens is 192 g/mol. The van der Waals surface area contributed by atoms with Gasteiger partial charge in [-0.2, -0.15) is 0 Å². The maximum atomic E-state index is 3.48. The van der Waals surface area contributed by atoms with Crippen molar-refractivity contribution in [1.82, 2.24) is 0 Å². The molecule has 1 fully saturated rings. The van der Waals surface area contributed by atoms with E-state index in [1.54, 1.807) is 0 Å². The van der Waals surface area contributed by atoms with Crippen LogP contribution in [-0.4, -0.2) is 0 Å². The zero-order valence-corrected chi connectivity index (χ0v) is 9.58. The third-order valence-corrected chi connectivity index (χ3v) is 3.75. The number of hydrogen-bond donors (Lipinski definition) is 0. The second-order valence-electron chi connectivity index (χ2n) is 4.85. The summed E-state index contributed by atoms with van der Waals surface area (Å²) in [5, 5.41) is 2.67. The third-order valence-electron chi connectivity index (χ3n) is 3.75. The number of fused-ring (bicyclic) bond motifs is 1. The molecule has 0 heterocycles. The zero-order chi connectivity index (χ0) is 10.8. The summed E-state index contributed by atoms with van der Waals surface area (Å²) < 4.78 is 0. The molecule has 0 atom stereocenters. The Bertz CT molecular complexity index is 478. The van der Waals surface area contributed by atoms with Crippen molar-refractivity contribution in [2.45, 2.75) is 38.0 Å². The van der Waals surface area contributed by atoms with Crippen LogP contribution >= 0.6 is 0 Å². The maximum absolute atomic E-state index is 3.48. The van der Waals surface area contributed by atoms with Crippen molar-refractivity contribution in [3.63, 3.8) is 0 Å². The van der Waals surface area contributed by atoms with E-state index in [0.717, 1.165) is 5.92 Å². The van der Waals surface area contributed by atoms with Gasteiger partial charge in [0.25, 0.3) is 0 Å². The van der Waals surface area contributed by atoms with Crippen molar-refractivity contribution in [2.24, 2.45) is 0 Å². The molecule has 0 heteroatoms. The molecule has 2 aromatic carbocycles. The summed E-state index contributed by atoms with van der Waals surface area (Å²) >= 11 is 0. The Labute approximate surface area is 97.3 Å². The molecule has 81 valence electrons. The van der Waals surface area contributed by atoms with Gasteiger partial charge in [-0.05, 0) is 47.2 Å². The van der Waals surface area contributed by atoms with Crippen LogP contribution in [0.5, 0.6) is 0 Å². The molecule has 16 heavy (non-hydrogen) atoms. The zero-order valence-electron chi connectivity index (χ0n) is 9.58. The molecule has 0 nitrogen and oxygen atoms in total. The van der Waals surface area contributed by atoms with E-state index in [1.807, 2.05) is 0 Å². The summed E-state index contributed by atoms with van der Waals surface area (Å²) in [6.45, 7) is 0. The third kappa shape index (κ3) is 1.84. The quantitative estimate of drug-likeness (QED) is 0.639. The van der Waals surface area contributed by atoms with Gasteiger partial charge >= 0.3 is 0 Å². The van der Waals surface area contributed by atoms with Gasteiger partial charge in [0.1, 0.15) is 0 Å². The van der Waals surface area contributed by atoms with Crippen LogP contribution < -0.4 is 0 Å². The van der Waals surface area contributed by atoms with Crippen LogP contribution in [0, 0.1) is 6.07 Å². The fourth-order valence-corrected chi connectivity index (χ4v) is 2.79. The molecule has 1 aliphatic rings. The second kappa shape index (κ2) is 4.29. The molecule has 0 N–H and O–H groups in total. The van der Waals surface area contributed by atoms with Gasteiger partial charge in [-0.1, -0.05) is 49.6 Å². The van der Waals surface area contributed by atoms with Crippen LogP contribution in [-0.2, 0) is 0 Å². The number of hydrogen-bond acceptors (Lipinski definition) is 0. The SMILES string of the molecule is [c]1cc2ccccc2cc1C1CCCCC1. The Morgan fingerprint density at radius 1 is 0.938 bits per heavy atom. The largest absolute Gasteiger partial charge is 0.0616 e. The van der Waals surface area contributed by atoms with Crippen LogP contribution in [0.3, 0.4) is 0 Å². The van der Waals surface area contributed by atoms with Gasteiger partial charge in [0.15, 0.2) is 0 Å². The van der Waals surface area contributed by atoms with Gasteiger partial charge in [0.05, 0.1) is 0 Å². The fourth-order valence-electron chi connectivity index (χ4n) is 2.79. The van der Waals surface area contributed by atoms with E-state index >= 15 is 0 Å². The molecule has 2 aromatic rings. The van der Waals surface area contributed by atoms with Crippen LogP contribution in [0.4, 0.5) is 0 Å². The van der Waals surface area contributed by atoms with Gasteiger partial charge in [-0.15, -0.1) is 0 Å². The van der Waals surface area contributed by atoms with Crippen molar-refractivity contribution >= 4 is 10.8 Å². The lowest BCUT2D eigenvalue weighted by molar-refractivity contribution is 0.443. The van der Waals surface area contributed by atoms with Crippen molar-refractivity contribution in [2.75, 3.05) is 0 Å². The van der Waals surface area contributed by atoms with Gasteiger partial charge in [0.2, 0.25) is 0 Å². The van der Waals surface area contributed by atoms with Crippen LogP contribution in [0.25, 0.3) is 10.8 Å². The Balaban J connectivity index is 1.97. The van der Waals surface area contributed by atoms with Gasteiger partial charge in [-0.25, -0.2) is 0 Å². The summed E-state index contributed by atoms with van der Waals surface area (Å²) in [5.74, 6) is 0.762. The lowest BCUT2D eigenvalue weighted by atomic mass is 9.83. The van der Waals surface area contributed by atoms with Gasteiger partial charge in [0, 0.05) is 0 Å². The fraction of sp³-hybridized carbons (Fsp3) is 0.375. The molecule has 1 aliphatic carbocycles. The van der Waals surface area contributed by atoms with E-state index in [-0.39, 0.29) is 0 Å². The molecule has 1 saturated carbocycles. The Morgan fingerprint density at radius 2 is 1.69 bits per heavy atom. The Hall–Kier alpha value is -1.30. The first-order chi connectivity index (χ1) is 7.93. The van der Waals surface area contributed by atoms with Crippen molar-refractivity contribution in [3.05, 3.63) is 48.0 Å². The smallest absolute Gasteiger partial charge is 0.0140 e. The van der Waals surface area contributed by atoms with Crippen molar-refractivity contribution in [1.29, 1.82) is 0 Å². The lowest BCUT2D eigenvalue weighted by Gasteiger charge is -2.21. The standard InChI is InChI=1S/C16H17/c1-2-6-13(7-3-1)16-11-10-14-8-4-5-9-15(14)12-16/h4-5,8-10,12-13H,1-3,6-7H2. The van der Waals surface area contributed by atoms with Gasteiger partial charge in [-0.3, -0.25) is 0 Å². The predicted octanol–water partition coefficient (Wildman–Crippen LogP) is 4.69. The highest BCUT2D eigenvalue weighted by atomic mass is 14.2. The van der Waals surface area contributed by atoms with E-state index < -0.39 is 0 Å². The molecule has 0 saturated heterocycles. The minimum atomic E-state index is 0.762. The minimum Gasteiger partial charge on any atom is -0.0616 e. The minimum absolute atomic E-state index is 0.762. The predicted molar refractivity (Wildman–Crippen MR) is 68.6 cm³/mol. The molecule has 0 unspecified atom stereocenters. The van der Waals surface area contributed by atoms with E-state index in [2.05, 4.69) is 42.5 Å². The molecule has 0 amide bonds. The number of rotatable bonds is 1. The number of benzene rings is 2. The van der Waals surface area contributed by atoms with Crippen LogP contribution in [0.2, 0.25) is 0 Å². The Morgan fingerprint density at radius 3 is 2.50 bits per heavy atom. The summed E-state index contributed by atoms with van der Waals surface area (Å²) in [7, 11) is 0. The molecule has 0 aromatic heterocycles. The van der Waals surface area contributed by atoms with E-state index in [9.17, 15) is 0 Å². The van der Waals surface area contributed by atoms with Crippen LogP contribution in [0.1, 0.15) is 43.6 Å². The van der Waals surface area contributed by atoms with Crippen LogP contribution in [0.15, 0.2) is 36.4 Å². The molecule has 0 spiro atoms. The van der Waals surface area contributed by atoms with E-state index in [1.165, 1.54) is 48.4 Å². The lowest BCUT2D eigenvalue weighted by Crippen LogP contribution is -2.04. The topological polar surface area (TPSA) is 0 Å². The maximum Gasteiger partial charge on any atom is -0.0140 e. The summed E-state index contributed by atoms with van der Waals surface area (Å²) in [5.41, 5.74) is 1.43. The molecule has 1 radical (unpaired) electrons. The van der Waals surface area contributed by atoms with Gasteiger partial charge < -0.3 is 0 Å². The Kier molecular flexibility index (Phi) is 2.65. The summed E-state index contributed by atoms with van der Waals surface area (Å²) in [6.07, 6.45) is 6.92. The first-order valence-electron chi connectivity index (χ1n) is 6.34. The summed E-state index contributed by atoms with van der Waals surface area (Å²) in [4.78, 5) is 0. The molecule has 0 aliphatic heterocycles. The highest BCUT2D eigenvalue weighted by Gasteiger charge is 2.15. The first kappa shape index (κ1) is 9.89. The normalized spacial score (nSPS) is 17.8.